The first kappa shape index (κ1) is 27.5. The van der Waals surface area contributed by atoms with E-state index < -0.39 is 10.0 Å². The summed E-state index contributed by atoms with van der Waals surface area (Å²) in [5, 5.41) is 8.25. The molecule has 3 aromatic heterocycles. The van der Waals surface area contributed by atoms with Gasteiger partial charge >= 0.3 is 0 Å². The lowest BCUT2D eigenvalue weighted by molar-refractivity contribution is 0.399. The van der Waals surface area contributed by atoms with Crippen molar-refractivity contribution in [3.8, 4) is 11.1 Å². The predicted octanol–water partition coefficient (Wildman–Crippen LogP) is 6.00. The molecule has 10 heteroatoms. The van der Waals surface area contributed by atoms with Crippen molar-refractivity contribution < 1.29 is 12.9 Å². The van der Waals surface area contributed by atoms with E-state index in [1.54, 1.807) is 36.8 Å². The van der Waals surface area contributed by atoms with Gasteiger partial charge in [-0.25, -0.2) is 18.4 Å². The van der Waals surface area contributed by atoms with Gasteiger partial charge in [-0.05, 0) is 56.4 Å². The van der Waals surface area contributed by atoms with Gasteiger partial charge in [0.1, 0.15) is 17.9 Å². The smallest absolute Gasteiger partial charge is 0.263 e. The van der Waals surface area contributed by atoms with Crippen molar-refractivity contribution in [3.05, 3.63) is 88.3 Å². The third-order valence-electron chi connectivity index (χ3n) is 7.18. The minimum absolute atomic E-state index is 0.193. The van der Waals surface area contributed by atoms with E-state index >= 15 is 0 Å². The molecule has 0 aliphatic carbocycles. The maximum absolute atomic E-state index is 13.5. The van der Waals surface area contributed by atoms with Crippen LogP contribution in [0.15, 0.2) is 58.2 Å². The molecule has 0 aliphatic rings. The summed E-state index contributed by atoms with van der Waals surface area (Å²) < 4.78 is 36.7. The number of rotatable bonds is 10. The van der Waals surface area contributed by atoms with Crippen LogP contribution in [0.3, 0.4) is 0 Å². The molecular weight excluding hydrogens is 524 g/mol. The van der Waals surface area contributed by atoms with Gasteiger partial charge in [0.2, 0.25) is 0 Å². The fourth-order valence-corrected chi connectivity index (χ4v) is 6.35. The normalized spacial score (nSPS) is 11.8. The van der Waals surface area contributed by atoms with Crippen LogP contribution in [0.25, 0.3) is 16.8 Å². The molecule has 0 fully saturated rings. The lowest BCUT2D eigenvalue weighted by atomic mass is 9.92. The summed E-state index contributed by atoms with van der Waals surface area (Å²) in [6.07, 6.45) is 5.80. The van der Waals surface area contributed by atoms with Gasteiger partial charge in [0.15, 0.2) is 11.5 Å². The van der Waals surface area contributed by atoms with Crippen LogP contribution >= 0.6 is 0 Å². The molecule has 0 unspecified atom stereocenters. The van der Waals surface area contributed by atoms with Crippen molar-refractivity contribution >= 4 is 21.5 Å². The van der Waals surface area contributed by atoms with E-state index in [1.165, 1.54) is 0 Å². The molecule has 9 nitrogen and oxygen atoms in total. The highest BCUT2D eigenvalue weighted by Crippen LogP contribution is 2.33. The third-order valence-corrected chi connectivity index (χ3v) is 8.58. The van der Waals surface area contributed by atoms with Gasteiger partial charge in [0.05, 0.1) is 4.90 Å². The average Bonchev–Trinajstić information content (AvgIpc) is 3.55. The summed E-state index contributed by atoms with van der Waals surface area (Å²) in [6.45, 7) is 9.74. The fourth-order valence-electron chi connectivity index (χ4n) is 5.07. The van der Waals surface area contributed by atoms with E-state index in [0.717, 1.165) is 65.1 Å². The Morgan fingerprint density at radius 3 is 2.48 bits per heavy atom. The summed E-state index contributed by atoms with van der Waals surface area (Å²) in [7, 11) is -3.92. The lowest BCUT2D eigenvalue weighted by Gasteiger charge is -2.17. The van der Waals surface area contributed by atoms with Crippen molar-refractivity contribution in [1.82, 2.24) is 24.7 Å². The molecule has 2 aromatic carbocycles. The minimum atomic E-state index is -3.92. The largest absolute Gasteiger partial charge is 0.359 e. The van der Waals surface area contributed by atoms with E-state index in [0.29, 0.717) is 23.3 Å². The van der Waals surface area contributed by atoms with Crippen LogP contribution in [0.4, 0.5) is 5.82 Å². The number of aromatic nitrogens is 5. The molecule has 0 saturated heterocycles. The Balaban J connectivity index is 1.56. The van der Waals surface area contributed by atoms with Crippen LogP contribution in [0.1, 0.15) is 66.2 Å². The highest BCUT2D eigenvalue weighted by Gasteiger charge is 2.24. The first-order chi connectivity index (χ1) is 19.2. The van der Waals surface area contributed by atoms with Crippen LogP contribution in [0.2, 0.25) is 0 Å². The molecule has 0 atom stereocenters. The summed E-state index contributed by atoms with van der Waals surface area (Å²) >= 11 is 0. The summed E-state index contributed by atoms with van der Waals surface area (Å²) in [5.41, 5.74) is 7.35. The second-order valence-electron chi connectivity index (χ2n) is 10.1. The quantitative estimate of drug-likeness (QED) is 0.223. The summed E-state index contributed by atoms with van der Waals surface area (Å²) in [5.74, 6) is 1.59. The molecule has 0 aliphatic heterocycles. The molecule has 3 heterocycles. The van der Waals surface area contributed by atoms with Gasteiger partial charge in [-0.3, -0.25) is 4.72 Å². The van der Waals surface area contributed by atoms with Crippen LogP contribution < -0.4 is 4.72 Å². The molecule has 0 spiro atoms. The zero-order valence-corrected chi connectivity index (χ0v) is 24.3. The number of fused-ring (bicyclic) bond motifs is 1. The molecule has 208 valence electrons. The van der Waals surface area contributed by atoms with E-state index in [4.69, 9.17) is 9.51 Å². The predicted molar refractivity (Wildman–Crippen MR) is 155 cm³/mol. The van der Waals surface area contributed by atoms with Gasteiger partial charge in [0.25, 0.3) is 10.0 Å². The number of benzene rings is 2. The van der Waals surface area contributed by atoms with Crippen molar-refractivity contribution in [2.75, 3.05) is 4.72 Å². The maximum atomic E-state index is 13.5. The van der Waals surface area contributed by atoms with Gasteiger partial charge in [-0.2, -0.15) is 9.61 Å². The van der Waals surface area contributed by atoms with Crippen LogP contribution in [-0.2, 0) is 29.3 Å². The van der Waals surface area contributed by atoms with E-state index in [9.17, 15) is 8.42 Å². The molecule has 40 heavy (non-hydrogen) atoms. The number of nitrogens with one attached hydrogen (secondary N) is 1. The Bertz CT molecular complexity index is 1790. The Kier molecular flexibility index (Phi) is 7.71. The van der Waals surface area contributed by atoms with E-state index in [2.05, 4.69) is 45.9 Å². The number of aryl methyl sites for hydroxylation is 4. The fraction of sp³-hybridized carbons (Fsp3) is 0.333. The summed E-state index contributed by atoms with van der Waals surface area (Å²) in [6, 6.07) is 13.4. The monoisotopic (exact) mass is 558 g/mol. The van der Waals surface area contributed by atoms with Gasteiger partial charge in [-0.1, -0.05) is 68.2 Å². The van der Waals surface area contributed by atoms with Crippen LogP contribution in [0, 0.1) is 20.8 Å². The number of nitrogens with zero attached hydrogens (tertiary/aromatic N) is 5. The first-order valence-corrected chi connectivity index (χ1v) is 15.1. The Morgan fingerprint density at radius 1 is 0.975 bits per heavy atom. The van der Waals surface area contributed by atoms with Crippen molar-refractivity contribution in [2.24, 2.45) is 0 Å². The Labute approximate surface area is 234 Å². The zero-order chi connectivity index (χ0) is 28.4. The van der Waals surface area contributed by atoms with Crippen LogP contribution in [-0.4, -0.2) is 33.2 Å². The SMILES string of the molecule is CCCc1cc(Cc2c(CCC)nc(C)n3ncnc23)ccc1-c1ccccc1S(=O)(=O)Nc1noc(C)c1C. The van der Waals surface area contributed by atoms with Gasteiger partial charge < -0.3 is 4.52 Å². The minimum Gasteiger partial charge on any atom is -0.359 e. The van der Waals surface area contributed by atoms with Gasteiger partial charge in [-0.15, -0.1) is 0 Å². The second-order valence-corrected chi connectivity index (χ2v) is 11.7. The molecular formula is C30H34N6O3S. The van der Waals surface area contributed by atoms with Crippen LogP contribution in [0.5, 0.6) is 0 Å². The Hall–Kier alpha value is -4.05. The maximum Gasteiger partial charge on any atom is 0.263 e. The topological polar surface area (TPSA) is 115 Å². The number of hydrogen-bond acceptors (Lipinski definition) is 7. The molecule has 0 amide bonds. The van der Waals surface area contributed by atoms with Crippen molar-refractivity contribution in [3.63, 3.8) is 0 Å². The van der Waals surface area contributed by atoms with Gasteiger partial charge in [0, 0.05) is 28.8 Å². The number of anilines is 1. The van der Waals surface area contributed by atoms with E-state index in [1.807, 2.05) is 25.1 Å². The highest BCUT2D eigenvalue weighted by molar-refractivity contribution is 7.92. The number of sulfonamides is 1. The molecule has 0 bridgehead atoms. The Morgan fingerprint density at radius 2 is 1.75 bits per heavy atom. The lowest BCUT2D eigenvalue weighted by Crippen LogP contribution is -2.15. The zero-order valence-electron chi connectivity index (χ0n) is 23.5. The second kappa shape index (κ2) is 11.2. The highest BCUT2D eigenvalue weighted by atomic mass is 32.2. The third kappa shape index (κ3) is 5.23. The molecule has 1 N–H and O–H groups in total. The molecule has 0 saturated carbocycles. The van der Waals surface area contributed by atoms with Crippen molar-refractivity contribution in [1.29, 1.82) is 0 Å². The first-order valence-electron chi connectivity index (χ1n) is 13.6. The molecule has 5 aromatic rings. The summed E-state index contributed by atoms with van der Waals surface area (Å²) in [4.78, 5) is 9.58. The molecule has 5 rings (SSSR count). The van der Waals surface area contributed by atoms with E-state index in [-0.39, 0.29) is 10.7 Å². The average molecular weight is 559 g/mol. The van der Waals surface area contributed by atoms with Crippen molar-refractivity contribution in [2.45, 2.75) is 71.6 Å². The number of hydrogen-bond donors (Lipinski definition) is 1. The molecule has 0 radical (unpaired) electrons. The standard InChI is InChI=1S/C30H34N6O3S/c1-6-10-23-16-22(17-26-27(11-7-2)33-21(5)36-30(26)31-18-32-36)14-15-24(23)25-12-8-9-13-28(25)40(37,38)35-29-19(3)20(4)39-34-29/h8-9,12-16,18H,6-7,10-11,17H2,1-5H3,(H,34,35).